The molecule has 20 heavy (non-hydrogen) atoms. The number of nitrogens with zero attached hydrogens (tertiary/aromatic N) is 1. The van der Waals surface area contributed by atoms with Crippen LogP contribution in [0.5, 0.6) is 0 Å². The van der Waals surface area contributed by atoms with Crippen molar-refractivity contribution in [1.82, 2.24) is 4.90 Å². The average Bonchev–Trinajstić information content (AvgIpc) is 2.34. The summed E-state index contributed by atoms with van der Waals surface area (Å²) in [6, 6.07) is 0. The van der Waals surface area contributed by atoms with Crippen LogP contribution < -0.4 is 0 Å². The first-order valence-corrected chi connectivity index (χ1v) is 6.31. The number of esters is 2. The molecule has 0 saturated heterocycles. The Morgan fingerprint density at radius 3 is 2.00 bits per heavy atom. The van der Waals surface area contributed by atoms with E-state index in [0.29, 0.717) is 6.42 Å². The van der Waals surface area contributed by atoms with Crippen molar-refractivity contribution in [3.05, 3.63) is 0 Å². The number of hydrogen-bond donors (Lipinski definition) is 0. The third-order valence-corrected chi connectivity index (χ3v) is 2.24. The molecule has 0 radical (unpaired) electrons. The Balaban J connectivity index is 4.52. The molecule has 0 aromatic heterocycles. The minimum atomic E-state index is -0.659. The summed E-state index contributed by atoms with van der Waals surface area (Å²) < 4.78 is 14.2. The third kappa shape index (κ3) is 8.34. The normalized spacial score (nSPS) is 10.7. The highest BCUT2D eigenvalue weighted by Gasteiger charge is 2.24. The van der Waals surface area contributed by atoms with Crippen molar-refractivity contribution in [3.63, 3.8) is 0 Å². The molecule has 0 saturated carbocycles. The first-order chi connectivity index (χ1) is 9.19. The van der Waals surface area contributed by atoms with Gasteiger partial charge in [-0.05, 0) is 27.2 Å². The van der Waals surface area contributed by atoms with Gasteiger partial charge in [0.15, 0.2) is 0 Å². The van der Waals surface area contributed by atoms with Crippen LogP contribution >= 0.6 is 0 Å². The van der Waals surface area contributed by atoms with Crippen molar-refractivity contribution in [1.29, 1.82) is 0 Å². The van der Waals surface area contributed by atoms with Crippen LogP contribution in [-0.4, -0.2) is 55.8 Å². The quantitative estimate of drug-likeness (QED) is 0.542. The van der Waals surface area contributed by atoms with E-state index in [4.69, 9.17) is 4.74 Å². The highest BCUT2D eigenvalue weighted by Crippen LogP contribution is 2.10. The predicted octanol–water partition coefficient (Wildman–Crippen LogP) is 1.35. The maximum absolute atomic E-state index is 11.9. The van der Waals surface area contributed by atoms with Gasteiger partial charge < -0.3 is 14.2 Å². The lowest BCUT2D eigenvalue weighted by molar-refractivity contribution is -0.141. The average molecular weight is 289 g/mol. The SMILES string of the molecule is COC(=O)CCCN(CC(=O)OC)C(=O)OC(C)(C)C. The van der Waals surface area contributed by atoms with Crippen LogP contribution in [0.15, 0.2) is 0 Å². The number of ether oxygens (including phenoxy) is 3. The fourth-order valence-electron chi connectivity index (χ4n) is 1.30. The van der Waals surface area contributed by atoms with Gasteiger partial charge in [0, 0.05) is 13.0 Å². The van der Waals surface area contributed by atoms with Crippen LogP contribution in [0.3, 0.4) is 0 Å². The molecule has 1 amide bonds. The van der Waals surface area contributed by atoms with Gasteiger partial charge in [-0.25, -0.2) is 4.79 Å². The molecule has 0 aliphatic heterocycles. The second kappa shape index (κ2) is 8.39. The van der Waals surface area contributed by atoms with Crippen LogP contribution in [0.4, 0.5) is 4.79 Å². The minimum absolute atomic E-state index is 0.164. The lowest BCUT2D eigenvalue weighted by Gasteiger charge is -2.26. The number of carbonyl (C=O) groups is 3. The van der Waals surface area contributed by atoms with Gasteiger partial charge in [-0.1, -0.05) is 0 Å². The Hall–Kier alpha value is -1.79. The fourth-order valence-corrected chi connectivity index (χ4v) is 1.30. The van der Waals surface area contributed by atoms with Crippen molar-refractivity contribution >= 4 is 18.0 Å². The molecule has 0 aromatic rings. The van der Waals surface area contributed by atoms with Crippen molar-refractivity contribution in [3.8, 4) is 0 Å². The summed E-state index contributed by atoms with van der Waals surface area (Å²) in [5.74, 6) is -0.916. The molecule has 0 atom stereocenters. The zero-order valence-corrected chi connectivity index (χ0v) is 12.7. The highest BCUT2D eigenvalue weighted by atomic mass is 16.6. The van der Waals surface area contributed by atoms with Gasteiger partial charge in [0.1, 0.15) is 12.1 Å². The number of amides is 1. The topological polar surface area (TPSA) is 82.1 Å². The Labute approximate surface area is 119 Å². The second-order valence-corrected chi connectivity index (χ2v) is 5.16. The highest BCUT2D eigenvalue weighted by molar-refractivity contribution is 5.78. The third-order valence-electron chi connectivity index (χ3n) is 2.24. The standard InChI is InChI=1S/C13H23NO6/c1-13(2,3)20-12(17)14(9-11(16)19-5)8-6-7-10(15)18-4/h6-9H2,1-5H3. The zero-order chi connectivity index (χ0) is 15.8. The van der Waals surface area contributed by atoms with E-state index >= 15 is 0 Å². The van der Waals surface area contributed by atoms with Gasteiger partial charge in [-0.3, -0.25) is 14.5 Å². The van der Waals surface area contributed by atoms with Crippen molar-refractivity contribution in [2.24, 2.45) is 0 Å². The molecule has 0 rings (SSSR count). The molecule has 0 unspecified atom stereocenters. The van der Waals surface area contributed by atoms with Crippen LogP contribution in [0.1, 0.15) is 33.6 Å². The lowest BCUT2D eigenvalue weighted by atomic mass is 10.2. The Kier molecular flexibility index (Phi) is 7.64. The van der Waals surface area contributed by atoms with Crippen LogP contribution in [0, 0.1) is 0 Å². The van der Waals surface area contributed by atoms with Gasteiger partial charge >= 0.3 is 18.0 Å². The van der Waals surface area contributed by atoms with E-state index in [2.05, 4.69) is 9.47 Å². The van der Waals surface area contributed by atoms with E-state index < -0.39 is 17.7 Å². The monoisotopic (exact) mass is 289 g/mol. The van der Waals surface area contributed by atoms with Crippen LogP contribution in [0.2, 0.25) is 0 Å². The van der Waals surface area contributed by atoms with Crippen molar-refractivity contribution in [2.75, 3.05) is 27.3 Å². The van der Waals surface area contributed by atoms with Gasteiger partial charge in [-0.2, -0.15) is 0 Å². The summed E-state index contributed by atoms with van der Waals surface area (Å²) in [6.07, 6.45) is -0.0763. The molecule has 0 heterocycles. The lowest BCUT2D eigenvalue weighted by Crippen LogP contribution is -2.40. The Morgan fingerprint density at radius 2 is 1.55 bits per heavy atom. The Bertz CT molecular complexity index is 347. The summed E-state index contributed by atoms with van der Waals surface area (Å²) >= 11 is 0. The van der Waals surface area contributed by atoms with E-state index in [0.717, 1.165) is 0 Å². The molecule has 7 nitrogen and oxygen atoms in total. The van der Waals surface area contributed by atoms with E-state index in [9.17, 15) is 14.4 Å². The van der Waals surface area contributed by atoms with Crippen molar-refractivity contribution < 1.29 is 28.6 Å². The minimum Gasteiger partial charge on any atom is -0.469 e. The first-order valence-electron chi connectivity index (χ1n) is 6.31. The molecule has 0 aliphatic carbocycles. The molecular formula is C13H23NO6. The molecule has 0 aliphatic rings. The van der Waals surface area contributed by atoms with E-state index in [1.54, 1.807) is 20.8 Å². The predicted molar refractivity (Wildman–Crippen MR) is 71.1 cm³/mol. The van der Waals surface area contributed by atoms with Gasteiger partial charge in [0.2, 0.25) is 0 Å². The van der Waals surface area contributed by atoms with E-state index in [1.165, 1.54) is 19.1 Å². The Morgan fingerprint density at radius 1 is 1.00 bits per heavy atom. The molecule has 0 aromatic carbocycles. The number of hydrogen-bond acceptors (Lipinski definition) is 6. The number of carbonyl (C=O) groups excluding carboxylic acids is 3. The van der Waals surface area contributed by atoms with Crippen LogP contribution in [-0.2, 0) is 23.8 Å². The van der Waals surface area contributed by atoms with E-state index in [-0.39, 0.29) is 25.5 Å². The fraction of sp³-hybridized carbons (Fsp3) is 0.769. The maximum Gasteiger partial charge on any atom is 0.410 e. The molecule has 116 valence electrons. The number of rotatable bonds is 6. The van der Waals surface area contributed by atoms with Crippen molar-refractivity contribution in [2.45, 2.75) is 39.2 Å². The molecule has 0 fully saturated rings. The molecule has 0 spiro atoms. The summed E-state index contributed by atoms with van der Waals surface area (Å²) in [5, 5.41) is 0. The zero-order valence-electron chi connectivity index (χ0n) is 12.7. The molecular weight excluding hydrogens is 266 g/mol. The summed E-state index contributed by atoms with van der Waals surface area (Å²) in [6.45, 7) is 5.19. The smallest absolute Gasteiger partial charge is 0.410 e. The number of methoxy groups -OCH3 is 2. The van der Waals surface area contributed by atoms with Gasteiger partial charge in [0.25, 0.3) is 0 Å². The van der Waals surface area contributed by atoms with Gasteiger partial charge in [-0.15, -0.1) is 0 Å². The summed E-state index contributed by atoms with van der Waals surface area (Å²) in [7, 11) is 2.53. The largest absolute Gasteiger partial charge is 0.469 e. The van der Waals surface area contributed by atoms with Crippen LogP contribution in [0.25, 0.3) is 0 Å². The second-order valence-electron chi connectivity index (χ2n) is 5.16. The van der Waals surface area contributed by atoms with Gasteiger partial charge in [0.05, 0.1) is 14.2 Å². The molecule has 7 heteroatoms. The first kappa shape index (κ1) is 18.2. The van der Waals surface area contributed by atoms with E-state index in [1.807, 2.05) is 0 Å². The summed E-state index contributed by atoms with van der Waals surface area (Å²) in [4.78, 5) is 35.4. The molecule has 0 bridgehead atoms. The maximum atomic E-state index is 11.9. The summed E-state index contributed by atoms with van der Waals surface area (Å²) in [5.41, 5.74) is -0.659. The molecule has 0 N–H and O–H groups in total.